The van der Waals surface area contributed by atoms with Crippen molar-refractivity contribution in [2.24, 2.45) is 5.92 Å². The first kappa shape index (κ1) is 19.0. The third-order valence-corrected chi connectivity index (χ3v) is 7.32. The molecule has 0 aliphatic carbocycles. The van der Waals surface area contributed by atoms with Crippen molar-refractivity contribution in [1.82, 2.24) is 5.32 Å². The summed E-state index contributed by atoms with van der Waals surface area (Å²) in [5.74, 6) is -0.707. The van der Waals surface area contributed by atoms with Crippen LogP contribution >= 0.6 is 23.1 Å². The summed E-state index contributed by atoms with van der Waals surface area (Å²) in [6.45, 7) is 0.136. The van der Waals surface area contributed by atoms with Crippen LogP contribution in [0.25, 0.3) is 10.8 Å². The van der Waals surface area contributed by atoms with E-state index in [9.17, 15) is 14.7 Å². The van der Waals surface area contributed by atoms with Crippen LogP contribution in [-0.2, 0) is 22.4 Å². The second-order valence-electron chi connectivity index (χ2n) is 6.97. The van der Waals surface area contributed by atoms with Crippen LogP contribution in [0.1, 0.15) is 21.3 Å². The molecule has 0 spiro atoms. The number of carboxylic acids is 1. The molecule has 0 saturated heterocycles. The number of hydrogen-bond donors (Lipinski definition) is 2. The molecule has 28 heavy (non-hydrogen) atoms. The van der Waals surface area contributed by atoms with Gasteiger partial charge in [-0.25, -0.2) is 0 Å². The van der Waals surface area contributed by atoms with Crippen molar-refractivity contribution >= 4 is 45.7 Å². The zero-order valence-electron chi connectivity index (χ0n) is 15.3. The summed E-state index contributed by atoms with van der Waals surface area (Å²) in [5.41, 5.74) is 2.05. The predicted octanol–water partition coefficient (Wildman–Crippen LogP) is 4.29. The number of hydrogen-bond acceptors (Lipinski definition) is 4. The van der Waals surface area contributed by atoms with Gasteiger partial charge in [0, 0.05) is 11.4 Å². The Morgan fingerprint density at radius 1 is 1.14 bits per heavy atom. The molecule has 3 aromatic rings. The lowest BCUT2D eigenvalue weighted by molar-refractivity contribution is -0.141. The van der Waals surface area contributed by atoms with E-state index in [0.29, 0.717) is 6.42 Å². The number of thioether (sulfide) groups is 1. The van der Waals surface area contributed by atoms with E-state index < -0.39 is 11.9 Å². The molecule has 0 saturated carbocycles. The Hall–Kier alpha value is -2.31. The molecule has 0 radical (unpaired) electrons. The molecule has 4 nitrogen and oxygen atoms in total. The van der Waals surface area contributed by atoms with Crippen LogP contribution in [-0.4, -0.2) is 29.3 Å². The standard InChI is InChI=1S/C22H21NO3S2/c24-21(20-18-7-9-27-19(18)8-10-28-20)23-13-17(22(25)26)12-14-5-6-15-3-1-2-4-16(15)11-14/h1-7,9,11,17,20H,8,10,12-13H2,(H,23,24)(H,25,26). The van der Waals surface area contributed by atoms with Crippen LogP contribution in [0.4, 0.5) is 0 Å². The van der Waals surface area contributed by atoms with Gasteiger partial charge in [0.25, 0.3) is 0 Å². The SMILES string of the molecule is O=C(O)C(CNC(=O)C1SCCc2sccc21)Cc1ccc2ccccc2c1. The highest BCUT2D eigenvalue weighted by atomic mass is 32.2. The highest BCUT2D eigenvalue weighted by Crippen LogP contribution is 2.39. The van der Waals surface area contributed by atoms with Gasteiger partial charge in [-0.05, 0) is 51.9 Å². The quantitative estimate of drug-likeness (QED) is 0.635. The minimum atomic E-state index is -0.888. The van der Waals surface area contributed by atoms with Crippen molar-refractivity contribution in [3.8, 4) is 0 Å². The van der Waals surface area contributed by atoms with E-state index in [1.807, 2.05) is 53.9 Å². The molecule has 2 N–H and O–H groups in total. The Kier molecular flexibility index (Phi) is 5.69. The molecular formula is C22H21NO3S2. The van der Waals surface area contributed by atoms with Gasteiger partial charge in [-0.3, -0.25) is 9.59 Å². The van der Waals surface area contributed by atoms with Crippen LogP contribution in [0.5, 0.6) is 0 Å². The first-order valence-electron chi connectivity index (χ1n) is 9.28. The van der Waals surface area contributed by atoms with Gasteiger partial charge in [0.05, 0.1) is 5.92 Å². The second kappa shape index (κ2) is 8.37. The first-order chi connectivity index (χ1) is 13.6. The fraction of sp³-hybridized carbons (Fsp3) is 0.273. The van der Waals surface area contributed by atoms with Crippen LogP contribution in [0.2, 0.25) is 0 Å². The molecular weight excluding hydrogens is 390 g/mol. The third kappa shape index (κ3) is 4.08. The molecule has 0 fully saturated rings. The van der Waals surface area contributed by atoms with Crippen molar-refractivity contribution in [3.63, 3.8) is 0 Å². The van der Waals surface area contributed by atoms with Crippen molar-refractivity contribution < 1.29 is 14.7 Å². The zero-order chi connectivity index (χ0) is 19.5. The molecule has 144 valence electrons. The van der Waals surface area contributed by atoms with Gasteiger partial charge in [0.1, 0.15) is 5.25 Å². The van der Waals surface area contributed by atoms with Crippen molar-refractivity contribution in [3.05, 3.63) is 69.9 Å². The molecule has 2 atom stereocenters. The number of aryl methyl sites for hydroxylation is 1. The van der Waals surface area contributed by atoms with Crippen molar-refractivity contribution in [2.75, 3.05) is 12.3 Å². The van der Waals surface area contributed by atoms with Gasteiger partial charge in [0.2, 0.25) is 5.91 Å². The van der Waals surface area contributed by atoms with E-state index in [4.69, 9.17) is 0 Å². The van der Waals surface area contributed by atoms with Crippen LogP contribution in [0, 0.1) is 5.92 Å². The number of benzene rings is 2. The smallest absolute Gasteiger partial charge is 0.308 e. The molecule has 1 aliphatic heterocycles. The van der Waals surface area contributed by atoms with E-state index in [0.717, 1.165) is 34.1 Å². The van der Waals surface area contributed by atoms with Gasteiger partial charge >= 0.3 is 5.97 Å². The van der Waals surface area contributed by atoms with Crippen molar-refractivity contribution in [1.29, 1.82) is 0 Å². The number of carbonyl (C=O) groups excluding carboxylic acids is 1. The summed E-state index contributed by atoms with van der Waals surface area (Å²) in [7, 11) is 0. The number of carboxylic acid groups (broad SMARTS) is 1. The number of fused-ring (bicyclic) bond motifs is 2. The van der Waals surface area contributed by atoms with Gasteiger partial charge in [-0.15, -0.1) is 23.1 Å². The molecule has 2 unspecified atom stereocenters. The van der Waals surface area contributed by atoms with Crippen LogP contribution < -0.4 is 5.32 Å². The van der Waals surface area contributed by atoms with E-state index in [1.165, 1.54) is 4.88 Å². The maximum absolute atomic E-state index is 12.7. The number of rotatable bonds is 6. The fourth-order valence-electron chi connectivity index (χ4n) is 3.58. The predicted molar refractivity (Wildman–Crippen MR) is 115 cm³/mol. The summed E-state index contributed by atoms with van der Waals surface area (Å²) < 4.78 is 0. The third-order valence-electron chi connectivity index (χ3n) is 5.08. The lowest BCUT2D eigenvalue weighted by Gasteiger charge is -2.22. The Bertz CT molecular complexity index is 1010. The van der Waals surface area contributed by atoms with Gasteiger partial charge in [0.15, 0.2) is 0 Å². The minimum Gasteiger partial charge on any atom is -0.481 e. The Balaban J connectivity index is 1.42. The number of aliphatic carboxylic acids is 1. The largest absolute Gasteiger partial charge is 0.481 e. The number of amides is 1. The molecule has 0 bridgehead atoms. The maximum Gasteiger partial charge on any atom is 0.308 e. The lowest BCUT2D eigenvalue weighted by atomic mass is 9.97. The zero-order valence-corrected chi connectivity index (χ0v) is 16.9. The van der Waals surface area contributed by atoms with E-state index >= 15 is 0 Å². The number of thiophene rings is 1. The maximum atomic E-state index is 12.7. The average molecular weight is 412 g/mol. The molecule has 1 aliphatic rings. The van der Waals surface area contributed by atoms with Gasteiger partial charge in [-0.2, -0.15) is 0 Å². The summed E-state index contributed by atoms with van der Waals surface area (Å²) in [5, 5.41) is 16.5. The first-order valence-corrected chi connectivity index (χ1v) is 11.2. The normalized spacial score (nSPS) is 17.1. The Labute approximate surface area is 172 Å². The molecule has 2 heterocycles. The summed E-state index contributed by atoms with van der Waals surface area (Å²) in [6, 6.07) is 16.0. The molecule has 1 aromatic heterocycles. The Morgan fingerprint density at radius 2 is 1.96 bits per heavy atom. The minimum absolute atomic E-state index is 0.0888. The van der Waals surface area contributed by atoms with E-state index in [2.05, 4.69) is 5.32 Å². The lowest BCUT2D eigenvalue weighted by Crippen LogP contribution is -2.36. The monoisotopic (exact) mass is 411 g/mol. The van der Waals surface area contributed by atoms with Crippen LogP contribution in [0.15, 0.2) is 53.9 Å². The molecule has 1 amide bonds. The highest BCUT2D eigenvalue weighted by Gasteiger charge is 2.29. The van der Waals surface area contributed by atoms with Crippen LogP contribution in [0.3, 0.4) is 0 Å². The van der Waals surface area contributed by atoms with E-state index in [-0.39, 0.29) is 17.7 Å². The molecule has 4 rings (SSSR count). The molecule has 6 heteroatoms. The Morgan fingerprint density at radius 3 is 2.79 bits per heavy atom. The highest BCUT2D eigenvalue weighted by molar-refractivity contribution is 8.00. The van der Waals surface area contributed by atoms with Crippen molar-refractivity contribution in [2.45, 2.75) is 18.1 Å². The average Bonchev–Trinajstić information content (AvgIpc) is 3.19. The van der Waals surface area contributed by atoms with Gasteiger partial charge < -0.3 is 10.4 Å². The fourth-order valence-corrected chi connectivity index (χ4v) is 5.89. The summed E-state index contributed by atoms with van der Waals surface area (Å²) in [6.07, 6.45) is 1.39. The summed E-state index contributed by atoms with van der Waals surface area (Å²) >= 11 is 3.32. The summed E-state index contributed by atoms with van der Waals surface area (Å²) in [4.78, 5) is 25.7. The molecule has 2 aromatic carbocycles. The van der Waals surface area contributed by atoms with Gasteiger partial charge in [-0.1, -0.05) is 42.5 Å². The number of carbonyl (C=O) groups is 2. The topological polar surface area (TPSA) is 66.4 Å². The van der Waals surface area contributed by atoms with E-state index in [1.54, 1.807) is 23.1 Å². The second-order valence-corrected chi connectivity index (χ2v) is 9.18. The number of nitrogens with one attached hydrogen (secondary N) is 1.